The molecule has 1 aliphatic heterocycles. The minimum Gasteiger partial charge on any atom is -0.378 e. The third-order valence-corrected chi connectivity index (χ3v) is 6.57. The summed E-state index contributed by atoms with van der Waals surface area (Å²) in [5, 5.41) is 7.33. The number of hydrogen-bond donors (Lipinski definition) is 2. The second-order valence-electron chi connectivity index (χ2n) is 8.01. The molecule has 4 rings (SSSR count). The highest BCUT2D eigenvalue weighted by Gasteiger charge is 2.59. The molecule has 2 saturated carbocycles. The van der Waals surface area contributed by atoms with E-state index in [0.29, 0.717) is 23.6 Å². The molecule has 3 unspecified atom stereocenters. The highest BCUT2D eigenvalue weighted by atomic mass is 16.5. The minimum atomic E-state index is 0.337. The first-order chi connectivity index (χ1) is 13.2. The van der Waals surface area contributed by atoms with Crippen LogP contribution in [0, 0.1) is 5.41 Å². The van der Waals surface area contributed by atoms with Gasteiger partial charge in [0.2, 0.25) is 5.95 Å². The van der Waals surface area contributed by atoms with Gasteiger partial charge in [-0.3, -0.25) is 4.99 Å². The zero-order valence-electron chi connectivity index (χ0n) is 16.5. The van der Waals surface area contributed by atoms with Crippen molar-refractivity contribution >= 4 is 11.9 Å². The lowest BCUT2D eigenvalue weighted by Crippen LogP contribution is -2.69. The third-order valence-electron chi connectivity index (χ3n) is 6.57. The number of piperidine rings is 1. The fourth-order valence-corrected chi connectivity index (χ4v) is 4.90. The molecule has 2 N–H and O–H groups in total. The van der Waals surface area contributed by atoms with Crippen LogP contribution in [0.15, 0.2) is 23.5 Å². The van der Waals surface area contributed by atoms with Gasteiger partial charge in [-0.25, -0.2) is 9.97 Å². The van der Waals surface area contributed by atoms with Crippen LogP contribution in [-0.4, -0.2) is 60.9 Å². The van der Waals surface area contributed by atoms with Crippen molar-refractivity contribution in [1.29, 1.82) is 0 Å². The second-order valence-corrected chi connectivity index (χ2v) is 8.01. The smallest absolute Gasteiger partial charge is 0.225 e. The Balaban J connectivity index is 1.33. The number of hydrogen-bond acceptors (Lipinski definition) is 5. The molecule has 1 aromatic heterocycles. The van der Waals surface area contributed by atoms with Crippen molar-refractivity contribution in [1.82, 2.24) is 20.6 Å². The van der Waals surface area contributed by atoms with Gasteiger partial charge in [-0.1, -0.05) is 6.42 Å². The van der Waals surface area contributed by atoms with Gasteiger partial charge in [-0.05, 0) is 45.1 Å². The summed E-state index contributed by atoms with van der Waals surface area (Å²) < 4.78 is 5.97. The fraction of sp³-hybridized carbons (Fsp3) is 0.750. The maximum atomic E-state index is 5.97. The van der Waals surface area contributed by atoms with Crippen molar-refractivity contribution < 1.29 is 4.74 Å². The molecule has 0 radical (unpaired) electrons. The topological polar surface area (TPSA) is 74.7 Å². The normalized spacial score (nSPS) is 29.8. The molecule has 1 aromatic rings. The van der Waals surface area contributed by atoms with Crippen molar-refractivity contribution in [3.8, 4) is 0 Å². The predicted octanol–water partition coefficient (Wildman–Crippen LogP) is 1.96. The Morgan fingerprint density at radius 3 is 2.78 bits per heavy atom. The summed E-state index contributed by atoms with van der Waals surface area (Å²) in [6.07, 6.45) is 11.3. The molecule has 0 aromatic carbocycles. The molecule has 0 amide bonds. The molecule has 7 heteroatoms. The van der Waals surface area contributed by atoms with Crippen LogP contribution in [0.5, 0.6) is 0 Å². The Hall–Kier alpha value is -1.89. The molecular formula is C20H32N6O. The van der Waals surface area contributed by atoms with Gasteiger partial charge in [0.1, 0.15) is 0 Å². The van der Waals surface area contributed by atoms with Crippen molar-refractivity contribution in [2.75, 3.05) is 31.6 Å². The zero-order chi connectivity index (χ0) is 18.7. The molecule has 2 heterocycles. The van der Waals surface area contributed by atoms with Gasteiger partial charge < -0.3 is 20.3 Å². The molecule has 1 saturated heterocycles. The lowest BCUT2D eigenvalue weighted by atomic mass is 9.51. The average molecular weight is 373 g/mol. The lowest BCUT2D eigenvalue weighted by Gasteiger charge is -2.61. The van der Waals surface area contributed by atoms with Crippen LogP contribution in [0.3, 0.4) is 0 Å². The van der Waals surface area contributed by atoms with Crippen molar-refractivity contribution in [2.24, 2.45) is 10.4 Å². The SMILES string of the molecule is CCOC1CC(NC(=NC)NC2CCCN(c3ncccn3)C2)C12CCC2. The van der Waals surface area contributed by atoms with Crippen molar-refractivity contribution in [2.45, 2.75) is 63.6 Å². The number of nitrogens with zero attached hydrogens (tertiary/aromatic N) is 4. The number of anilines is 1. The third kappa shape index (κ3) is 3.61. The minimum absolute atomic E-state index is 0.337. The van der Waals surface area contributed by atoms with E-state index in [0.717, 1.165) is 50.9 Å². The Morgan fingerprint density at radius 2 is 2.11 bits per heavy atom. The molecule has 3 aliphatic rings. The highest BCUT2D eigenvalue weighted by molar-refractivity contribution is 5.80. The van der Waals surface area contributed by atoms with E-state index in [1.807, 2.05) is 25.5 Å². The number of rotatable bonds is 5. The van der Waals surface area contributed by atoms with Crippen molar-refractivity contribution in [3.63, 3.8) is 0 Å². The first kappa shape index (κ1) is 18.5. The van der Waals surface area contributed by atoms with Crippen LogP contribution in [0.2, 0.25) is 0 Å². The summed E-state index contributed by atoms with van der Waals surface area (Å²) in [5.41, 5.74) is 0.337. The Kier molecular flexibility index (Phi) is 5.48. The Labute approximate surface area is 162 Å². The van der Waals surface area contributed by atoms with Gasteiger partial charge in [-0.2, -0.15) is 0 Å². The van der Waals surface area contributed by atoms with E-state index in [2.05, 4.69) is 37.4 Å². The van der Waals surface area contributed by atoms with E-state index in [9.17, 15) is 0 Å². The van der Waals surface area contributed by atoms with Gasteiger partial charge in [0, 0.05) is 56.6 Å². The fourth-order valence-electron chi connectivity index (χ4n) is 4.90. The number of ether oxygens (including phenoxy) is 1. The number of aliphatic imine (C=N–C) groups is 1. The van der Waals surface area contributed by atoms with Gasteiger partial charge >= 0.3 is 0 Å². The van der Waals surface area contributed by atoms with E-state index >= 15 is 0 Å². The van der Waals surface area contributed by atoms with Crippen LogP contribution in [0.1, 0.15) is 45.4 Å². The predicted molar refractivity (Wildman–Crippen MR) is 107 cm³/mol. The molecule has 2 aliphatic carbocycles. The largest absolute Gasteiger partial charge is 0.378 e. The lowest BCUT2D eigenvalue weighted by molar-refractivity contribution is -0.168. The van der Waals surface area contributed by atoms with E-state index in [-0.39, 0.29) is 0 Å². The summed E-state index contributed by atoms with van der Waals surface area (Å²) in [4.78, 5) is 15.6. The van der Waals surface area contributed by atoms with Crippen LogP contribution in [0.25, 0.3) is 0 Å². The van der Waals surface area contributed by atoms with Crippen LogP contribution in [0.4, 0.5) is 5.95 Å². The quantitative estimate of drug-likeness (QED) is 0.608. The summed E-state index contributed by atoms with van der Waals surface area (Å²) in [7, 11) is 1.86. The zero-order valence-corrected chi connectivity index (χ0v) is 16.5. The van der Waals surface area contributed by atoms with Crippen LogP contribution < -0.4 is 15.5 Å². The van der Waals surface area contributed by atoms with E-state index in [1.165, 1.54) is 19.3 Å². The molecular weight excluding hydrogens is 340 g/mol. The van der Waals surface area contributed by atoms with Gasteiger partial charge in [-0.15, -0.1) is 0 Å². The van der Waals surface area contributed by atoms with Crippen molar-refractivity contribution in [3.05, 3.63) is 18.5 Å². The van der Waals surface area contributed by atoms with E-state index in [1.54, 1.807) is 0 Å². The summed E-state index contributed by atoms with van der Waals surface area (Å²) in [6, 6.07) is 2.69. The van der Waals surface area contributed by atoms with Crippen LogP contribution >= 0.6 is 0 Å². The standard InChI is InChI=1S/C20H32N6O/c1-3-27-17-13-16(20(17)8-5-9-20)25-18(21-2)24-15-7-4-12-26(14-15)19-22-10-6-11-23-19/h6,10-11,15-17H,3-5,7-9,12-14H2,1-2H3,(H2,21,24,25). The second kappa shape index (κ2) is 8.00. The summed E-state index contributed by atoms with van der Waals surface area (Å²) in [5.74, 6) is 1.74. The average Bonchev–Trinajstić information content (AvgIpc) is 2.66. The van der Waals surface area contributed by atoms with Gasteiger partial charge in [0.05, 0.1) is 6.10 Å². The first-order valence-electron chi connectivity index (χ1n) is 10.4. The first-order valence-corrected chi connectivity index (χ1v) is 10.4. The molecule has 1 spiro atoms. The maximum absolute atomic E-state index is 5.97. The van der Waals surface area contributed by atoms with Crippen LogP contribution in [-0.2, 0) is 4.74 Å². The van der Waals surface area contributed by atoms with E-state index in [4.69, 9.17) is 4.74 Å². The summed E-state index contributed by atoms with van der Waals surface area (Å²) >= 11 is 0. The number of nitrogens with one attached hydrogen (secondary N) is 2. The van der Waals surface area contributed by atoms with Gasteiger partial charge in [0.25, 0.3) is 0 Å². The van der Waals surface area contributed by atoms with Gasteiger partial charge in [0.15, 0.2) is 5.96 Å². The van der Waals surface area contributed by atoms with E-state index < -0.39 is 0 Å². The Bertz CT molecular complexity index is 647. The number of aromatic nitrogens is 2. The Morgan fingerprint density at radius 1 is 1.30 bits per heavy atom. The molecule has 3 atom stereocenters. The molecule has 148 valence electrons. The maximum Gasteiger partial charge on any atom is 0.225 e. The molecule has 7 nitrogen and oxygen atoms in total. The molecule has 27 heavy (non-hydrogen) atoms. The summed E-state index contributed by atoms with van der Waals surface area (Å²) in [6.45, 7) is 4.82. The number of guanidine groups is 1. The molecule has 3 fully saturated rings. The highest BCUT2D eigenvalue weighted by Crippen LogP contribution is 2.57. The molecule has 0 bridgehead atoms. The monoisotopic (exact) mass is 372 g/mol.